The van der Waals surface area contributed by atoms with Crippen LogP contribution in [0.2, 0.25) is 0 Å². The summed E-state index contributed by atoms with van der Waals surface area (Å²) in [6, 6.07) is -0.804. The number of carbonyl (C=O) groups is 2. The quantitative estimate of drug-likeness (QED) is 0.545. The van der Waals surface area contributed by atoms with E-state index in [-0.39, 0.29) is 18.4 Å². The maximum atomic E-state index is 11.2. The van der Waals surface area contributed by atoms with Crippen molar-refractivity contribution in [3.8, 4) is 0 Å². The Bertz CT molecular complexity index is 194. The minimum Gasteiger partial charge on any atom is -0.480 e. The van der Waals surface area contributed by atoms with Crippen molar-refractivity contribution in [2.75, 3.05) is 6.54 Å². The summed E-state index contributed by atoms with van der Waals surface area (Å²) in [6.45, 7) is 3.58. The van der Waals surface area contributed by atoms with Gasteiger partial charge in [-0.15, -0.1) is 0 Å². The van der Waals surface area contributed by atoms with E-state index in [1.807, 2.05) is 0 Å². The van der Waals surface area contributed by atoms with E-state index in [0.717, 1.165) is 0 Å². The van der Waals surface area contributed by atoms with Crippen molar-refractivity contribution in [2.45, 2.75) is 26.3 Å². The van der Waals surface area contributed by atoms with E-state index in [2.05, 4.69) is 5.32 Å². The highest BCUT2D eigenvalue weighted by Crippen LogP contribution is 1.96. The summed E-state index contributed by atoms with van der Waals surface area (Å²) < 4.78 is 0. The van der Waals surface area contributed by atoms with E-state index in [1.54, 1.807) is 13.8 Å². The van der Waals surface area contributed by atoms with Crippen molar-refractivity contribution < 1.29 is 14.7 Å². The Balaban J connectivity index is 4.09. The van der Waals surface area contributed by atoms with Crippen LogP contribution >= 0.6 is 0 Å². The van der Waals surface area contributed by atoms with Gasteiger partial charge in [-0.05, 0) is 6.42 Å². The standard InChI is InChI=1S/C8H16N2O3/c1-3-6(8(12)13)10-7(11)5(2)4-9/h5-6H,3-4,9H2,1-2H3,(H,10,11)(H,12,13)/t5?,6-/m0/s1. The van der Waals surface area contributed by atoms with Gasteiger partial charge in [0.2, 0.25) is 5.91 Å². The number of carboxylic acids is 1. The highest BCUT2D eigenvalue weighted by atomic mass is 16.4. The lowest BCUT2D eigenvalue weighted by molar-refractivity contribution is -0.142. The van der Waals surface area contributed by atoms with Crippen LogP contribution in [-0.2, 0) is 9.59 Å². The first kappa shape index (κ1) is 11.9. The molecule has 2 atom stereocenters. The highest BCUT2D eigenvalue weighted by molar-refractivity contribution is 5.84. The fraction of sp³-hybridized carbons (Fsp3) is 0.750. The van der Waals surface area contributed by atoms with E-state index in [9.17, 15) is 9.59 Å². The lowest BCUT2D eigenvalue weighted by Gasteiger charge is -2.14. The molecule has 5 heteroatoms. The lowest BCUT2D eigenvalue weighted by Crippen LogP contribution is -2.44. The zero-order chi connectivity index (χ0) is 10.4. The third-order valence-electron chi connectivity index (χ3n) is 1.82. The second kappa shape index (κ2) is 5.53. The number of carboxylic acid groups (broad SMARTS) is 1. The Morgan fingerprint density at radius 3 is 2.38 bits per heavy atom. The molecule has 0 spiro atoms. The Morgan fingerprint density at radius 1 is 1.54 bits per heavy atom. The number of aliphatic carboxylic acids is 1. The molecule has 76 valence electrons. The van der Waals surface area contributed by atoms with Gasteiger partial charge in [-0.3, -0.25) is 4.79 Å². The molecule has 1 amide bonds. The molecule has 1 unspecified atom stereocenters. The van der Waals surface area contributed by atoms with Crippen molar-refractivity contribution in [2.24, 2.45) is 11.7 Å². The molecule has 0 saturated carbocycles. The Kier molecular flexibility index (Phi) is 5.06. The minimum absolute atomic E-state index is 0.224. The number of nitrogens with one attached hydrogen (secondary N) is 1. The Morgan fingerprint density at radius 2 is 2.08 bits per heavy atom. The molecule has 0 bridgehead atoms. The molecule has 0 rings (SSSR count). The van der Waals surface area contributed by atoms with E-state index >= 15 is 0 Å². The summed E-state index contributed by atoms with van der Waals surface area (Å²) in [4.78, 5) is 21.7. The smallest absolute Gasteiger partial charge is 0.326 e. The molecule has 0 aromatic carbocycles. The summed E-state index contributed by atoms with van der Waals surface area (Å²) in [7, 11) is 0. The van der Waals surface area contributed by atoms with Crippen molar-refractivity contribution in [3.63, 3.8) is 0 Å². The van der Waals surface area contributed by atoms with Crippen LogP contribution in [0.25, 0.3) is 0 Å². The molecule has 0 fully saturated rings. The summed E-state index contributed by atoms with van der Waals surface area (Å²) >= 11 is 0. The third-order valence-corrected chi connectivity index (χ3v) is 1.82. The molecule has 0 aliphatic heterocycles. The van der Waals surface area contributed by atoms with Crippen molar-refractivity contribution in [3.05, 3.63) is 0 Å². The largest absolute Gasteiger partial charge is 0.480 e. The number of nitrogens with two attached hydrogens (primary N) is 1. The molecule has 0 aliphatic carbocycles. The molecule has 4 N–H and O–H groups in total. The van der Waals surface area contributed by atoms with Gasteiger partial charge >= 0.3 is 5.97 Å². The first-order chi connectivity index (χ1) is 6.02. The van der Waals surface area contributed by atoms with Crippen LogP contribution in [0.1, 0.15) is 20.3 Å². The lowest BCUT2D eigenvalue weighted by atomic mass is 10.1. The third kappa shape index (κ3) is 3.89. The van der Waals surface area contributed by atoms with Crippen LogP contribution in [0.3, 0.4) is 0 Å². The van der Waals surface area contributed by atoms with Gasteiger partial charge in [-0.1, -0.05) is 13.8 Å². The summed E-state index contributed by atoms with van der Waals surface area (Å²) in [6.07, 6.45) is 0.373. The molecule has 0 saturated heterocycles. The Labute approximate surface area is 77.3 Å². The molecular weight excluding hydrogens is 172 g/mol. The average Bonchev–Trinajstić information content (AvgIpc) is 2.11. The van der Waals surface area contributed by atoms with Gasteiger partial charge in [-0.2, -0.15) is 0 Å². The zero-order valence-corrected chi connectivity index (χ0v) is 7.91. The molecule has 5 nitrogen and oxygen atoms in total. The first-order valence-corrected chi connectivity index (χ1v) is 4.26. The number of amides is 1. The molecule has 0 radical (unpaired) electrons. The maximum Gasteiger partial charge on any atom is 0.326 e. The highest BCUT2D eigenvalue weighted by Gasteiger charge is 2.20. The van der Waals surface area contributed by atoms with Crippen LogP contribution < -0.4 is 11.1 Å². The SMILES string of the molecule is CC[C@H](NC(=O)C(C)CN)C(=O)O. The Hall–Kier alpha value is -1.10. The minimum atomic E-state index is -1.01. The van der Waals surface area contributed by atoms with E-state index in [0.29, 0.717) is 6.42 Å². The van der Waals surface area contributed by atoms with Gasteiger partial charge in [0.25, 0.3) is 0 Å². The molecule has 0 aromatic heterocycles. The van der Waals surface area contributed by atoms with Gasteiger partial charge in [0.05, 0.1) is 0 Å². The van der Waals surface area contributed by atoms with Gasteiger partial charge in [0.1, 0.15) is 6.04 Å². The summed E-state index contributed by atoms with van der Waals surface area (Å²) in [5.41, 5.74) is 5.26. The molecular formula is C8H16N2O3. The van der Waals surface area contributed by atoms with Crippen LogP contribution in [0.15, 0.2) is 0 Å². The second-order valence-corrected chi connectivity index (χ2v) is 2.94. The summed E-state index contributed by atoms with van der Waals surface area (Å²) in [5, 5.41) is 11.0. The summed E-state index contributed by atoms with van der Waals surface area (Å²) in [5.74, 6) is -1.66. The number of rotatable bonds is 5. The van der Waals surface area contributed by atoms with Crippen molar-refractivity contribution >= 4 is 11.9 Å². The number of carbonyl (C=O) groups excluding carboxylic acids is 1. The molecule has 13 heavy (non-hydrogen) atoms. The predicted molar refractivity (Wildman–Crippen MR) is 48.1 cm³/mol. The fourth-order valence-electron chi connectivity index (χ4n) is 0.759. The van der Waals surface area contributed by atoms with E-state index in [4.69, 9.17) is 10.8 Å². The van der Waals surface area contributed by atoms with Gasteiger partial charge in [-0.25, -0.2) is 4.79 Å². The maximum absolute atomic E-state index is 11.2. The normalized spacial score (nSPS) is 14.7. The predicted octanol–water partition coefficient (Wildman–Crippen LogP) is -0.439. The van der Waals surface area contributed by atoms with Crippen molar-refractivity contribution in [1.29, 1.82) is 0 Å². The van der Waals surface area contributed by atoms with Gasteiger partial charge in [0, 0.05) is 12.5 Å². The van der Waals surface area contributed by atoms with Crippen LogP contribution in [0, 0.1) is 5.92 Å². The van der Waals surface area contributed by atoms with Crippen molar-refractivity contribution in [1.82, 2.24) is 5.32 Å². The number of hydrogen-bond donors (Lipinski definition) is 3. The second-order valence-electron chi connectivity index (χ2n) is 2.94. The number of hydrogen-bond acceptors (Lipinski definition) is 3. The molecule has 0 aromatic rings. The molecule has 0 aliphatic rings. The topological polar surface area (TPSA) is 92.4 Å². The first-order valence-electron chi connectivity index (χ1n) is 4.26. The molecule has 0 heterocycles. The average molecular weight is 188 g/mol. The zero-order valence-electron chi connectivity index (χ0n) is 7.91. The van der Waals surface area contributed by atoms with Crippen LogP contribution in [0.5, 0.6) is 0 Å². The van der Waals surface area contributed by atoms with Crippen LogP contribution in [0.4, 0.5) is 0 Å². The fourth-order valence-corrected chi connectivity index (χ4v) is 0.759. The van der Waals surface area contributed by atoms with E-state index < -0.39 is 12.0 Å². The van der Waals surface area contributed by atoms with E-state index in [1.165, 1.54) is 0 Å². The van der Waals surface area contributed by atoms with Gasteiger partial charge in [0.15, 0.2) is 0 Å². The van der Waals surface area contributed by atoms with Gasteiger partial charge < -0.3 is 16.2 Å². The monoisotopic (exact) mass is 188 g/mol. The van der Waals surface area contributed by atoms with Crippen LogP contribution in [-0.4, -0.2) is 29.6 Å².